The topological polar surface area (TPSA) is 122 Å². The molecular weight excluding hydrogens is 270 g/mol. The van der Waals surface area contributed by atoms with Crippen LogP contribution < -0.4 is 15.7 Å². The van der Waals surface area contributed by atoms with Crippen LogP contribution >= 0.6 is 0 Å². The number of nitrogens with zero attached hydrogens (tertiary/aromatic N) is 1. The Balaban J connectivity index is 2.33. The minimum atomic E-state index is -0.845. The van der Waals surface area contributed by atoms with E-state index in [1.54, 1.807) is 20.8 Å². The number of amides is 1. The van der Waals surface area contributed by atoms with Crippen molar-refractivity contribution in [1.82, 2.24) is 15.6 Å². The molecule has 0 bridgehead atoms. The van der Waals surface area contributed by atoms with Gasteiger partial charge in [-0.25, -0.2) is 15.0 Å². The van der Waals surface area contributed by atoms with Gasteiger partial charge in [0, 0.05) is 12.1 Å². The number of hydrazine groups is 1. The van der Waals surface area contributed by atoms with Crippen LogP contribution in [0.5, 0.6) is 11.8 Å². The third-order valence-corrected chi connectivity index (χ3v) is 1.81. The van der Waals surface area contributed by atoms with Crippen molar-refractivity contribution in [3.05, 3.63) is 12.1 Å². The van der Waals surface area contributed by atoms with E-state index in [9.17, 15) is 19.8 Å². The highest BCUT2D eigenvalue weighted by Crippen LogP contribution is 2.18. The van der Waals surface area contributed by atoms with Crippen LogP contribution in [-0.2, 0) is 9.53 Å². The smallest absolute Gasteiger partial charge is 0.422 e. The molecule has 0 aliphatic rings. The van der Waals surface area contributed by atoms with Gasteiger partial charge in [0.1, 0.15) is 12.1 Å². The zero-order valence-electron chi connectivity index (χ0n) is 11.3. The molecule has 0 saturated heterocycles. The molecular formula is C11H17N3O6. The predicted octanol–water partition coefficient (Wildman–Crippen LogP) is -0.116. The summed E-state index contributed by atoms with van der Waals surface area (Å²) in [5.41, 5.74) is 3.76. The Morgan fingerprint density at radius 3 is 2.30 bits per heavy atom. The zero-order valence-corrected chi connectivity index (χ0v) is 11.3. The van der Waals surface area contributed by atoms with Crippen molar-refractivity contribution in [2.24, 2.45) is 0 Å². The molecule has 4 N–H and O–H groups in total. The van der Waals surface area contributed by atoms with Crippen LogP contribution in [0.4, 0.5) is 4.79 Å². The Morgan fingerprint density at radius 1 is 1.25 bits per heavy atom. The fraction of sp³-hybridized carbons (Fsp3) is 0.455. The summed E-state index contributed by atoms with van der Waals surface area (Å²) in [5, 5.41) is 18.5. The van der Waals surface area contributed by atoms with Gasteiger partial charge in [-0.05, 0) is 20.8 Å². The SMILES string of the molecule is CC(C)(C)OC(=O)NNCC(=O)On1c(O)ccc1O. The third-order valence-electron chi connectivity index (χ3n) is 1.81. The van der Waals surface area contributed by atoms with Gasteiger partial charge in [0.05, 0.1) is 0 Å². The van der Waals surface area contributed by atoms with E-state index >= 15 is 0 Å². The molecule has 0 unspecified atom stereocenters. The maximum Gasteiger partial charge on any atom is 0.422 e. The van der Waals surface area contributed by atoms with Crippen molar-refractivity contribution < 1.29 is 29.4 Å². The van der Waals surface area contributed by atoms with Gasteiger partial charge in [-0.15, -0.1) is 4.73 Å². The van der Waals surface area contributed by atoms with Gasteiger partial charge in [-0.2, -0.15) is 0 Å². The first-order valence-electron chi connectivity index (χ1n) is 5.72. The summed E-state index contributed by atoms with van der Waals surface area (Å²) in [5.74, 6) is -1.71. The highest BCUT2D eigenvalue weighted by Gasteiger charge is 2.16. The third kappa shape index (κ3) is 5.06. The second kappa shape index (κ2) is 6.15. The van der Waals surface area contributed by atoms with Crippen molar-refractivity contribution in [1.29, 1.82) is 0 Å². The maximum atomic E-state index is 11.4. The van der Waals surface area contributed by atoms with Crippen LogP contribution in [0.15, 0.2) is 12.1 Å². The molecule has 1 amide bonds. The van der Waals surface area contributed by atoms with Crippen LogP contribution in [0.25, 0.3) is 0 Å². The minimum Gasteiger partial charge on any atom is -0.492 e. The minimum absolute atomic E-state index is 0.393. The highest BCUT2D eigenvalue weighted by molar-refractivity contribution is 5.73. The monoisotopic (exact) mass is 287 g/mol. The van der Waals surface area contributed by atoms with E-state index in [0.29, 0.717) is 4.73 Å². The largest absolute Gasteiger partial charge is 0.492 e. The fourth-order valence-electron chi connectivity index (χ4n) is 1.12. The van der Waals surface area contributed by atoms with E-state index in [4.69, 9.17) is 4.74 Å². The maximum absolute atomic E-state index is 11.4. The first-order chi connectivity index (χ1) is 9.19. The van der Waals surface area contributed by atoms with E-state index in [1.165, 1.54) is 0 Å². The molecule has 0 aromatic carbocycles. The Morgan fingerprint density at radius 2 is 1.80 bits per heavy atom. The highest BCUT2D eigenvalue weighted by atomic mass is 16.7. The molecule has 0 radical (unpaired) electrons. The predicted molar refractivity (Wildman–Crippen MR) is 66.7 cm³/mol. The second-order valence-corrected chi connectivity index (χ2v) is 4.79. The van der Waals surface area contributed by atoms with Crippen LogP contribution in [-0.4, -0.2) is 39.2 Å². The Kier molecular flexibility index (Phi) is 4.81. The quantitative estimate of drug-likeness (QED) is 0.570. The Bertz CT molecular complexity index is 471. The molecule has 1 aromatic heterocycles. The molecule has 1 rings (SSSR count). The fourth-order valence-corrected chi connectivity index (χ4v) is 1.12. The summed E-state index contributed by atoms with van der Waals surface area (Å²) in [6.07, 6.45) is -0.753. The molecule has 9 heteroatoms. The number of carbonyl (C=O) groups is 2. The summed E-state index contributed by atoms with van der Waals surface area (Å²) in [4.78, 5) is 27.2. The van der Waals surface area contributed by atoms with Crippen LogP contribution in [0.3, 0.4) is 0 Å². The van der Waals surface area contributed by atoms with Crippen molar-refractivity contribution in [3.8, 4) is 11.8 Å². The van der Waals surface area contributed by atoms with Gasteiger partial charge in [-0.3, -0.25) is 5.43 Å². The lowest BCUT2D eigenvalue weighted by molar-refractivity contribution is -0.144. The van der Waals surface area contributed by atoms with Gasteiger partial charge >= 0.3 is 12.1 Å². The van der Waals surface area contributed by atoms with Gasteiger partial charge in [0.25, 0.3) is 0 Å². The Labute approximate surface area is 115 Å². The molecule has 20 heavy (non-hydrogen) atoms. The lowest BCUT2D eigenvalue weighted by Crippen LogP contribution is -2.44. The number of aromatic nitrogens is 1. The van der Waals surface area contributed by atoms with Crippen LogP contribution in [0.1, 0.15) is 20.8 Å². The van der Waals surface area contributed by atoms with Gasteiger partial charge in [0.2, 0.25) is 11.8 Å². The van der Waals surface area contributed by atoms with E-state index in [2.05, 4.69) is 15.7 Å². The second-order valence-electron chi connectivity index (χ2n) is 4.79. The standard InChI is InChI=1S/C11H17N3O6/c1-11(2,3)19-10(18)13-12-6-9(17)20-14-7(15)4-5-8(14)16/h4-5,12,15-16H,6H2,1-3H3,(H,13,18). The summed E-state index contributed by atoms with van der Waals surface area (Å²) >= 11 is 0. The van der Waals surface area contributed by atoms with Crippen molar-refractivity contribution in [3.63, 3.8) is 0 Å². The zero-order chi connectivity index (χ0) is 15.3. The number of carbonyl (C=O) groups excluding carboxylic acids is 2. The normalized spacial score (nSPS) is 10.9. The molecule has 0 aliphatic carbocycles. The number of ether oxygens (including phenoxy) is 1. The van der Waals surface area contributed by atoms with Crippen LogP contribution in [0, 0.1) is 0 Å². The molecule has 0 fully saturated rings. The molecule has 9 nitrogen and oxygen atoms in total. The molecule has 0 saturated carbocycles. The van der Waals surface area contributed by atoms with Crippen molar-refractivity contribution in [2.75, 3.05) is 6.54 Å². The van der Waals surface area contributed by atoms with E-state index in [1.807, 2.05) is 0 Å². The Hall–Kier alpha value is -2.42. The van der Waals surface area contributed by atoms with E-state index in [0.717, 1.165) is 12.1 Å². The summed E-state index contributed by atoms with van der Waals surface area (Å²) < 4.78 is 5.45. The number of rotatable bonds is 4. The van der Waals surface area contributed by atoms with Gasteiger partial charge in [0.15, 0.2) is 0 Å². The first kappa shape index (κ1) is 15.6. The lowest BCUT2D eigenvalue weighted by atomic mass is 10.2. The summed E-state index contributed by atoms with van der Waals surface area (Å²) in [6.45, 7) is 4.69. The molecule has 0 spiro atoms. The van der Waals surface area contributed by atoms with Crippen molar-refractivity contribution in [2.45, 2.75) is 26.4 Å². The molecule has 1 aromatic rings. The average Bonchev–Trinajstić information content (AvgIpc) is 2.58. The first-order valence-corrected chi connectivity index (χ1v) is 5.72. The number of aromatic hydroxyl groups is 2. The average molecular weight is 287 g/mol. The summed E-state index contributed by atoms with van der Waals surface area (Å²) in [7, 11) is 0. The molecule has 1 heterocycles. The number of hydrogen-bond acceptors (Lipinski definition) is 7. The number of nitrogens with one attached hydrogen (secondary N) is 2. The molecule has 0 atom stereocenters. The van der Waals surface area contributed by atoms with Gasteiger partial charge in [-0.1, -0.05) is 0 Å². The number of hydrogen-bond donors (Lipinski definition) is 4. The van der Waals surface area contributed by atoms with E-state index < -0.39 is 36.0 Å². The summed E-state index contributed by atoms with van der Waals surface area (Å²) in [6, 6.07) is 2.30. The van der Waals surface area contributed by atoms with Crippen molar-refractivity contribution >= 4 is 12.1 Å². The van der Waals surface area contributed by atoms with Crippen LogP contribution in [0.2, 0.25) is 0 Å². The molecule has 112 valence electrons. The lowest BCUT2D eigenvalue weighted by Gasteiger charge is -2.19. The van der Waals surface area contributed by atoms with E-state index in [-0.39, 0.29) is 0 Å². The molecule has 0 aliphatic heterocycles. The van der Waals surface area contributed by atoms with Gasteiger partial charge < -0.3 is 19.8 Å².